The molecule has 5 heteroatoms. The molecule has 2 nitrogen and oxygen atoms in total. The summed E-state index contributed by atoms with van der Waals surface area (Å²) in [6.45, 7) is 3.77. The van der Waals surface area contributed by atoms with Crippen LogP contribution in [0, 0.1) is 18.6 Å². The van der Waals surface area contributed by atoms with Gasteiger partial charge in [0.1, 0.15) is 16.7 Å². The van der Waals surface area contributed by atoms with E-state index in [2.05, 4.69) is 5.10 Å². The zero-order valence-electron chi connectivity index (χ0n) is 9.47. The summed E-state index contributed by atoms with van der Waals surface area (Å²) in [5.74, 6) is -1.31. The van der Waals surface area contributed by atoms with E-state index in [1.54, 1.807) is 0 Å². The van der Waals surface area contributed by atoms with Gasteiger partial charge in [-0.3, -0.25) is 0 Å². The van der Waals surface area contributed by atoms with E-state index in [1.165, 1.54) is 16.8 Å². The molecule has 2 aromatic rings. The van der Waals surface area contributed by atoms with Crippen molar-refractivity contribution in [2.45, 2.75) is 20.3 Å². The molecule has 17 heavy (non-hydrogen) atoms. The second-order valence-electron chi connectivity index (χ2n) is 3.72. The molecule has 0 aliphatic rings. The van der Waals surface area contributed by atoms with Gasteiger partial charge in [0.25, 0.3) is 0 Å². The lowest BCUT2D eigenvalue weighted by molar-refractivity contribution is 0.573. The fraction of sp³-hybridized carbons (Fsp3) is 0.250. The SMILES string of the molecule is CCc1nn(-c2ccc(F)cc2F)c(Cl)c1C. The number of rotatable bonds is 2. The highest BCUT2D eigenvalue weighted by molar-refractivity contribution is 6.30. The Bertz CT molecular complexity index is 564. The minimum absolute atomic E-state index is 0.152. The second kappa shape index (κ2) is 4.45. The lowest BCUT2D eigenvalue weighted by atomic mass is 10.2. The maximum Gasteiger partial charge on any atom is 0.151 e. The summed E-state index contributed by atoms with van der Waals surface area (Å²) >= 11 is 6.08. The molecule has 0 bridgehead atoms. The monoisotopic (exact) mass is 256 g/mol. The van der Waals surface area contributed by atoms with Gasteiger partial charge in [0.05, 0.1) is 5.69 Å². The quantitative estimate of drug-likeness (QED) is 0.802. The van der Waals surface area contributed by atoms with Gasteiger partial charge in [-0.15, -0.1) is 0 Å². The minimum atomic E-state index is -0.683. The summed E-state index contributed by atoms with van der Waals surface area (Å²) in [7, 11) is 0. The van der Waals surface area contributed by atoms with Crippen molar-refractivity contribution in [2.75, 3.05) is 0 Å². The molecule has 0 N–H and O–H groups in total. The molecule has 1 aromatic carbocycles. The van der Waals surface area contributed by atoms with Gasteiger partial charge in [0, 0.05) is 11.6 Å². The van der Waals surface area contributed by atoms with Crippen molar-refractivity contribution in [3.8, 4) is 5.69 Å². The molecule has 0 spiro atoms. The summed E-state index contributed by atoms with van der Waals surface area (Å²) < 4.78 is 27.7. The average Bonchev–Trinajstić information content (AvgIpc) is 2.57. The van der Waals surface area contributed by atoms with Gasteiger partial charge in [-0.1, -0.05) is 18.5 Å². The van der Waals surface area contributed by atoms with Crippen LogP contribution in [0.15, 0.2) is 18.2 Å². The highest BCUT2D eigenvalue weighted by atomic mass is 35.5. The van der Waals surface area contributed by atoms with E-state index in [-0.39, 0.29) is 5.69 Å². The van der Waals surface area contributed by atoms with Crippen molar-refractivity contribution in [1.29, 1.82) is 0 Å². The summed E-state index contributed by atoms with van der Waals surface area (Å²) in [6, 6.07) is 3.31. The molecule has 0 aliphatic carbocycles. The highest BCUT2D eigenvalue weighted by Gasteiger charge is 2.15. The van der Waals surface area contributed by atoms with Gasteiger partial charge in [-0.25, -0.2) is 13.5 Å². The van der Waals surface area contributed by atoms with E-state index in [0.29, 0.717) is 11.6 Å². The molecule has 0 saturated carbocycles. The first-order valence-corrected chi connectivity index (χ1v) is 5.61. The van der Waals surface area contributed by atoms with Gasteiger partial charge < -0.3 is 0 Å². The van der Waals surface area contributed by atoms with E-state index in [1.807, 2.05) is 13.8 Å². The third-order valence-electron chi connectivity index (χ3n) is 2.62. The number of benzene rings is 1. The average molecular weight is 257 g/mol. The van der Waals surface area contributed by atoms with Crippen LogP contribution in [0.2, 0.25) is 5.15 Å². The van der Waals surface area contributed by atoms with Crippen molar-refractivity contribution >= 4 is 11.6 Å². The summed E-state index contributed by atoms with van der Waals surface area (Å²) in [6.07, 6.45) is 0.710. The van der Waals surface area contributed by atoms with Crippen LogP contribution in [-0.4, -0.2) is 9.78 Å². The van der Waals surface area contributed by atoms with Crippen molar-refractivity contribution in [3.63, 3.8) is 0 Å². The molecule has 0 amide bonds. The Kier molecular flexibility index (Phi) is 3.15. The fourth-order valence-corrected chi connectivity index (χ4v) is 1.90. The van der Waals surface area contributed by atoms with Crippen molar-refractivity contribution in [2.24, 2.45) is 0 Å². The van der Waals surface area contributed by atoms with E-state index in [9.17, 15) is 8.78 Å². The predicted octanol–water partition coefficient (Wildman–Crippen LogP) is 3.67. The van der Waals surface area contributed by atoms with Gasteiger partial charge in [0.15, 0.2) is 5.82 Å². The van der Waals surface area contributed by atoms with Crippen LogP contribution in [0.4, 0.5) is 8.78 Å². The number of hydrogen-bond acceptors (Lipinski definition) is 1. The number of nitrogens with zero attached hydrogens (tertiary/aromatic N) is 2. The molecule has 90 valence electrons. The zero-order chi connectivity index (χ0) is 12.6. The normalized spacial score (nSPS) is 10.9. The number of hydrogen-bond donors (Lipinski definition) is 0. The Balaban J connectivity index is 2.60. The summed E-state index contributed by atoms with van der Waals surface area (Å²) in [4.78, 5) is 0. The van der Waals surface area contributed by atoms with Crippen molar-refractivity contribution in [3.05, 3.63) is 46.2 Å². The maximum atomic E-state index is 13.6. The van der Waals surface area contributed by atoms with Crippen LogP contribution in [0.3, 0.4) is 0 Å². The van der Waals surface area contributed by atoms with Gasteiger partial charge >= 0.3 is 0 Å². The number of aromatic nitrogens is 2. The first-order valence-electron chi connectivity index (χ1n) is 5.24. The Morgan fingerprint density at radius 3 is 2.59 bits per heavy atom. The summed E-state index contributed by atoms with van der Waals surface area (Å²) in [5, 5.41) is 4.56. The largest absolute Gasteiger partial charge is 0.219 e. The zero-order valence-corrected chi connectivity index (χ0v) is 10.2. The minimum Gasteiger partial charge on any atom is -0.219 e. The van der Waals surface area contributed by atoms with Crippen molar-refractivity contribution < 1.29 is 8.78 Å². The fourth-order valence-electron chi connectivity index (χ4n) is 1.67. The Hall–Kier alpha value is -1.42. The Morgan fingerprint density at radius 1 is 1.35 bits per heavy atom. The molecular weight excluding hydrogens is 246 g/mol. The van der Waals surface area contributed by atoms with Crippen LogP contribution >= 0.6 is 11.6 Å². The predicted molar refractivity (Wildman–Crippen MR) is 62.6 cm³/mol. The van der Waals surface area contributed by atoms with E-state index >= 15 is 0 Å². The third kappa shape index (κ3) is 2.05. The molecular formula is C12H11ClF2N2. The van der Waals surface area contributed by atoms with E-state index < -0.39 is 11.6 Å². The Labute approximate surface area is 103 Å². The smallest absolute Gasteiger partial charge is 0.151 e. The standard InChI is InChI=1S/C12H11ClF2N2/c1-3-10-7(2)12(13)17(16-10)11-5-4-8(14)6-9(11)15/h4-6H,3H2,1-2H3. The maximum absolute atomic E-state index is 13.6. The van der Waals surface area contributed by atoms with E-state index in [4.69, 9.17) is 11.6 Å². The third-order valence-corrected chi connectivity index (χ3v) is 3.07. The lowest BCUT2D eigenvalue weighted by Crippen LogP contribution is -2.01. The van der Waals surface area contributed by atoms with Crippen molar-refractivity contribution in [1.82, 2.24) is 9.78 Å². The molecule has 0 saturated heterocycles. The second-order valence-corrected chi connectivity index (χ2v) is 4.08. The molecule has 1 aromatic heterocycles. The molecule has 0 unspecified atom stereocenters. The van der Waals surface area contributed by atoms with Gasteiger partial charge in [0.2, 0.25) is 0 Å². The Morgan fingerprint density at radius 2 is 2.06 bits per heavy atom. The van der Waals surface area contributed by atoms with Crippen LogP contribution in [0.5, 0.6) is 0 Å². The van der Waals surface area contributed by atoms with Gasteiger partial charge in [-0.05, 0) is 25.5 Å². The lowest BCUT2D eigenvalue weighted by Gasteiger charge is -2.04. The first kappa shape index (κ1) is 12.0. The molecule has 0 radical (unpaired) electrons. The highest BCUT2D eigenvalue weighted by Crippen LogP contribution is 2.24. The molecule has 1 heterocycles. The van der Waals surface area contributed by atoms with Crippen LogP contribution in [-0.2, 0) is 6.42 Å². The molecule has 2 rings (SSSR count). The molecule has 0 fully saturated rings. The molecule has 0 atom stereocenters. The topological polar surface area (TPSA) is 17.8 Å². The van der Waals surface area contributed by atoms with Gasteiger partial charge in [-0.2, -0.15) is 5.10 Å². The van der Waals surface area contributed by atoms with Crippen LogP contribution in [0.25, 0.3) is 5.69 Å². The van der Waals surface area contributed by atoms with Crippen LogP contribution in [0.1, 0.15) is 18.2 Å². The first-order chi connectivity index (χ1) is 8.04. The number of aryl methyl sites for hydroxylation is 1. The summed E-state index contributed by atoms with van der Waals surface area (Å²) in [5.41, 5.74) is 1.77. The molecule has 0 aliphatic heterocycles. The number of halogens is 3. The van der Waals surface area contributed by atoms with Crippen LogP contribution < -0.4 is 0 Å². The van der Waals surface area contributed by atoms with E-state index in [0.717, 1.165) is 17.3 Å².